The van der Waals surface area contributed by atoms with Crippen LogP contribution in [0.2, 0.25) is 0 Å². The minimum atomic E-state index is -4.74. The standard InChI is InChI=1S/C14H14F4N2O/c1-2-5-20-8-9(7-19-20)13(21)11-4-3-10(15)6-12(11)14(16,17)18/h3-4,6-8,13,21H,2,5H2,1H3. The zero-order valence-corrected chi connectivity index (χ0v) is 11.2. The van der Waals surface area contributed by atoms with Gasteiger partial charge in [-0.2, -0.15) is 18.3 Å². The van der Waals surface area contributed by atoms with E-state index < -0.39 is 23.7 Å². The summed E-state index contributed by atoms with van der Waals surface area (Å²) in [5.74, 6) is -1.00. The topological polar surface area (TPSA) is 38.0 Å². The fourth-order valence-corrected chi connectivity index (χ4v) is 2.06. The van der Waals surface area contributed by atoms with Crippen LogP contribution in [-0.2, 0) is 12.7 Å². The van der Waals surface area contributed by atoms with Crippen LogP contribution < -0.4 is 0 Å². The summed E-state index contributed by atoms with van der Waals surface area (Å²) in [5.41, 5.74) is -1.33. The molecule has 1 aromatic heterocycles. The third-order valence-corrected chi connectivity index (χ3v) is 3.04. The zero-order valence-electron chi connectivity index (χ0n) is 11.2. The maximum atomic E-state index is 13.0. The second kappa shape index (κ2) is 5.85. The van der Waals surface area contributed by atoms with Crippen LogP contribution in [-0.4, -0.2) is 14.9 Å². The highest BCUT2D eigenvalue weighted by molar-refractivity contribution is 5.36. The van der Waals surface area contributed by atoms with Gasteiger partial charge in [0.05, 0.1) is 11.8 Å². The van der Waals surface area contributed by atoms with Crippen molar-refractivity contribution in [1.82, 2.24) is 9.78 Å². The molecule has 7 heteroatoms. The Morgan fingerprint density at radius 3 is 2.67 bits per heavy atom. The number of aryl methyl sites for hydroxylation is 1. The number of rotatable bonds is 4. The van der Waals surface area contributed by atoms with Crippen molar-refractivity contribution in [1.29, 1.82) is 0 Å². The van der Waals surface area contributed by atoms with E-state index in [0.29, 0.717) is 12.6 Å². The maximum absolute atomic E-state index is 13.0. The molecule has 21 heavy (non-hydrogen) atoms. The first kappa shape index (κ1) is 15.5. The Morgan fingerprint density at radius 1 is 1.33 bits per heavy atom. The second-order valence-corrected chi connectivity index (χ2v) is 4.67. The van der Waals surface area contributed by atoms with Gasteiger partial charge < -0.3 is 5.11 Å². The van der Waals surface area contributed by atoms with Crippen molar-refractivity contribution in [2.45, 2.75) is 32.2 Å². The van der Waals surface area contributed by atoms with Gasteiger partial charge in [0.2, 0.25) is 0 Å². The highest BCUT2D eigenvalue weighted by Crippen LogP contribution is 2.36. The molecule has 0 saturated carbocycles. The lowest BCUT2D eigenvalue weighted by atomic mass is 9.98. The van der Waals surface area contributed by atoms with Crippen LogP contribution in [0, 0.1) is 5.82 Å². The van der Waals surface area contributed by atoms with Gasteiger partial charge in [-0.15, -0.1) is 0 Å². The Kier molecular flexibility index (Phi) is 4.32. The van der Waals surface area contributed by atoms with Crippen molar-refractivity contribution < 1.29 is 22.7 Å². The molecule has 0 spiro atoms. The summed E-state index contributed by atoms with van der Waals surface area (Å²) in [6.07, 6.45) is -2.64. The SMILES string of the molecule is CCCn1cc(C(O)c2ccc(F)cc2C(F)(F)F)cn1. The summed E-state index contributed by atoms with van der Waals surface area (Å²) in [6, 6.07) is 2.22. The van der Waals surface area contributed by atoms with Crippen LogP contribution in [0.3, 0.4) is 0 Å². The Balaban J connectivity index is 2.40. The monoisotopic (exact) mass is 302 g/mol. The quantitative estimate of drug-likeness (QED) is 0.877. The van der Waals surface area contributed by atoms with E-state index in [1.807, 2.05) is 6.92 Å². The number of hydrogen-bond acceptors (Lipinski definition) is 2. The Morgan fingerprint density at radius 2 is 2.05 bits per heavy atom. The molecular formula is C14H14F4N2O. The molecule has 0 fully saturated rings. The van der Waals surface area contributed by atoms with Gasteiger partial charge in [-0.3, -0.25) is 4.68 Å². The lowest BCUT2D eigenvalue weighted by Gasteiger charge is -2.16. The molecule has 1 unspecified atom stereocenters. The molecule has 2 rings (SSSR count). The van der Waals surface area contributed by atoms with Crippen LogP contribution in [0.25, 0.3) is 0 Å². The Labute approximate surface area is 118 Å². The number of nitrogens with zero attached hydrogens (tertiary/aromatic N) is 2. The molecular weight excluding hydrogens is 288 g/mol. The van der Waals surface area contributed by atoms with E-state index in [0.717, 1.165) is 18.6 Å². The molecule has 1 atom stereocenters. The van der Waals surface area contributed by atoms with Gasteiger partial charge in [0.1, 0.15) is 11.9 Å². The zero-order chi connectivity index (χ0) is 15.6. The molecule has 3 nitrogen and oxygen atoms in total. The van der Waals surface area contributed by atoms with Gasteiger partial charge in [-0.1, -0.05) is 13.0 Å². The van der Waals surface area contributed by atoms with E-state index in [1.165, 1.54) is 17.1 Å². The highest BCUT2D eigenvalue weighted by Gasteiger charge is 2.36. The summed E-state index contributed by atoms with van der Waals surface area (Å²) in [5, 5.41) is 14.1. The molecule has 0 bridgehead atoms. The summed E-state index contributed by atoms with van der Waals surface area (Å²) in [4.78, 5) is 0. The first-order chi connectivity index (χ1) is 9.82. The van der Waals surface area contributed by atoms with E-state index in [-0.39, 0.29) is 11.1 Å². The van der Waals surface area contributed by atoms with Gasteiger partial charge in [-0.05, 0) is 24.1 Å². The van der Waals surface area contributed by atoms with Crippen molar-refractivity contribution in [3.8, 4) is 0 Å². The lowest BCUT2D eigenvalue weighted by Crippen LogP contribution is -2.13. The van der Waals surface area contributed by atoms with Crippen molar-refractivity contribution in [3.63, 3.8) is 0 Å². The minimum Gasteiger partial charge on any atom is -0.384 e. The molecule has 0 aliphatic rings. The van der Waals surface area contributed by atoms with Gasteiger partial charge in [0, 0.05) is 18.3 Å². The fourth-order valence-electron chi connectivity index (χ4n) is 2.06. The van der Waals surface area contributed by atoms with Crippen molar-refractivity contribution in [2.75, 3.05) is 0 Å². The summed E-state index contributed by atoms with van der Waals surface area (Å²) in [7, 11) is 0. The van der Waals surface area contributed by atoms with Crippen molar-refractivity contribution >= 4 is 0 Å². The average Bonchev–Trinajstić information content (AvgIpc) is 2.86. The van der Waals surface area contributed by atoms with Crippen LogP contribution in [0.4, 0.5) is 17.6 Å². The second-order valence-electron chi connectivity index (χ2n) is 4.67. The molecule has 1 N–H and O–H groups in total. The first-order valence-electron chi connectivity index (χ1n) is 6.40. The maximum Gasteiger partial charge on any atom is 0.416 e. The number of aliphatic hydroxyl groups is 1. The summed E-state index contributed by atoms with van der Waals surface area (Å²) >= 11 is 0. The number of benzene rings is 1. The fraction of sp³-hybridized carbons (Fsp3) is 0.357. The summed E-state index contributed by atoms with van der Waals surface area (Å²) < 4.78 is 53.4. The molecule has 0 aliphatic carbocycles. The number of aliphatic hydroxyl groups excluding tert-OH is 1. The predicted octanol–water partition coefficient (Wildman–Crippen LogP) is 3.53. The van der Waals surface area contributed by atoms with Gasteiger partial charge >= 0.3 is 6.18 Å². The molecule has 2 aromatic rings. The normalized spacial score (nSPS) is 13.4. The van der Waals surface area contributed by atoms with Crippen molar-refractivity contribution in [2.24, 2.45) is 0 Å². The molecule has 114 valence electrons. The Hall–Kier alpha value is -1.89. The number of alkyl halides is 3. The van der Waals surface area contributed by atoms with E-state index in [2.05, 4.69) is 5.10 Å². The largest absolute Gasteiger partial charge is 0.416 e. The summed E-state index contributed by atoms with van der Waals surface area (Å²) in [6.45, 7) is 2.53. The van der Waals surface area contributed by atoms with Crippen LogP contribution in [0.1, 0.15) is 36.1 Å². The molecule has 0 aliphatic heterocycles. The highest BCUT2D eigenvalue weighted by atomic mass is 19.4. The third-order valence-electron chi connectivity index (χ3n) is 3.04. The molecule has 0 saturated heterocycles. The smallest absolute Gasteiger partial charge is 0.384 e. The number of halogens is 4. The van der Waals surface area contributed by atoms with Crippen LogP contribution in [0.5, 0.6) is 0 Å². The average molecular weight is 302 g/mol. The third kappa shape index (κ3) is 3.41. The van der Waals surface area contributed by atoms with Gasteiger partial charge in [0.25, 0.3) is 0 Å². The Bertz CT molecular complexity index is 622. The van der Waals surface area contributed by atoms with Gasteiger partial charge in [-0.25, -0.2) is 4.39 Å². The van der Waals surface area contributed by atoms with E-state index >= 15 is 0 Å². The minimum absolute atomic E-state index is 0.237. The van der Waals surface area contributed by atoms with Gasteiger partial charge in [0.15, 0.2) is 0 Å². The van der Waals surface area contributed by atoms with Crippen LogP contribution >= 0.6 is 0 Å². The number of hydrogen-bond donors (Lipinski definition) is 1. The van der Waals surface area contributed by atoms with Crippen LogP contribution in [0.15, 0.2) is 30.6 Å². The predicted molar refractivity (Wildman–Crippen MR) is 68.0 cm³/mol. The van der Waals surface area contributed by atoms with Crippen molar-refractivity contribution in [3.05, 3.63) is 53.1 Å². The lowest BCUT2D eigenvalue weighted by molar-refractivity contribution is -0.139. The van der Waals surface area contributed by atoms with E-state index in [9.17, 15) is 22.7 Å². The molecule has 1 aromatic carbocycles. The number of aromatic nitrogens is 2. The first-order valence-corrected chi connectivity index (χ1v) is 6.40. The molecule has 1 heterocycles. The van der Waals surface area contributed by atoms with E-state index in [1.54, 1.807) is 0 Å². The molecule has 0 amide bonds. The van der Waals surface area contributed by atoms with E-state index in [4.69, 9.17) is 0 Å². The molecule has 0 radical (unpaired) electrons.